The summed E-state index contributed by atoms with van der Waals surface area (Å²) in [6.07, 6.45) is 2.19. The summed E-state index contributed by atoms with van der Waals surface area (Å²) >= 11 is 5.95. The topological polar surface area (TPSA) is 66.8 Å². The van der Waals surface area contributed by atoms with Crippen molar-refractivity contribution in [2.75, 3.05) is 19.7 Å². The van der Waals surface area contributed by atoms with Gasteiger partial charge in [0.25, 0.3) is 0 Å². The van der Waals surface area contributed by atoms with Crippen molar-refractivity contribution in [2.45, 2.75) is 37.2 Å². The van der Waals surface area contributed by atoms with Crippen LogP contribution in [0.1, 0.15) is 31.2 Å². The summed E-state index contributed by atoms with van der Waals surface area (Å²) in [7, 11) is 0. The van der Waals surface area contributed by atoms with Crippen LogP contribution in [0.2, 0.25) is 5.02 Å². The van der Waals surface area contributed by atoms with E-state index < -0.39 is 17.5 Å². The van der Waals surface area contributed by atoms with Gasteiger partial charge in [0.05, 0.1) is 24.5 Å². The minimum Gasteiger partial charge on any atom is -0.481 e. The molecule has 1 aliphatic carbocycles. The number of hydrogen-bond acceptors (Lipinski definition) is 3. The normalized spacial score (nSPS) is 23.2. The average molecular weight is 338 g/mol. The quantitative estimate of drug-likeness (QED) is 0.916. The molecule has 0 bridgehead atoms. The Morgan fingerprint density at radius 3 is 2.57 bits per heavy atom. The van der Waals surface area contributed by atoms with Crippen molar-refractivity contribution in [3.05, 3.63) is 34.9 Å². The number of carboxylic acid groups (broad SMARTS) is 1. The van der Waals surface area contributed by atoms with Gasteiger partial charge in [-0.2, -0.15) is 0 Å². The minimum atomic E-state index is -0.902. The second kappa shape index (κ2) is 6.49. The highest BCUT2D eigenvalue weighted by Gasteiger charge is 2.48. The van der Waals surface area contributed by atoms with E-state index in [9.17, 15) is 9.59 Å². The van der Waals surface area contributed by atoms with E-state index in [4.69, 9.17) is 21.4 Å². The third kappa shape index (κ3) is 3.21. The molecule has 1 heterocycles. The van der Waals surface area contributed by atoms with Crippen molar-refractivity contribution in [3.63, 3.8) is 0 Å². The molecule has 0 spiro atoms. The van der Waals surface area contributed by atoms with Gasteiger partial charge in [-0.05, 0) is 30.5 Å². The number of carboxylic acids is 1. The highest BCUT2D eigenvalue weighted by atomic mass is 35.5. The molecule has 124 valence electrons. The maximum atomic E-state index is 13.1. The Labute approximate surface area is 140 Å². The van der Waals surface area contributed by atoms with Crippen LogP contribution in [0, 0.1) is 0 Å². The Bertz CT molecular complexity index is 597. The van der Waals surface area contributed by atoms with E-state index in [1.807, 2.05) is 24.3 Å². The Morgan fingerprint density at radius 2 is 2.00 bits per heavy atom. The highest BCUT2D eigenvalue weighted by Crippen LogP contribution is 2.45. The molecule has 1 amide bonds. The Morgan fingerprint density at radius 1 is 1.30 bits per heavy atom. The summed E-state index contributed by atoms with van der Waals surface area (Å²) < 4.78 is 5.46. The van der Waals surface area contributed by atoms with Crippen molar-refractivity contribution in [3.8, 4) is 0 Å². The molecule has 1 saturated carbocycles. The van der Waals surface area contributed by atoms with Crippen LogP contribution in [-0.2, 0) is 19.7 Å². The number of carbonyl (C=O) groups is 2. The van der Waals surface area contributed by atoms with Gasteiger partial charge in [-0.1, -0.05) is 30.2 Å². The van der Waals surface area contributed by atoms with Crippen LogP contribution < -0.4 is 0 Å². The molecule has 5 nitrogen and oxygen atoms in total. The van der Waals surface area contributed by atoms with Gasteiger partial charge >= 0.3 is 5.97 Å². The SMILES string of the molecule is O=C(O)C[C@@H]1CN(C(=O)C2(c3ccc(Cl)cc3)CCC2)CCO1. The zero-order valence-corrected chi connectivity index (χ0v) is 13.6. The van der Waals surface area contributed by atoms with Crippen LogP contribution >= 0.6 is 11.6 Å². The van der Waals surface area contributed by atoms with Crippen molar-refractivity contribution < 1.29 is 19.4 Å². The van der Waals surface area contributed by atoms with Gasteiger partial charge in [-0.15, -0.1) is 0 Å². The Kier molecular flexibility index (Phi) is 4.60. The Balaban J connectivity index is 1.77. The van der Waals surface area contributed by atoms with Gasteiger partial charge < -0.3 is 14.7 Å². The fourth-order valence-electron chi connectivity index (χ4n) is 3.45. The number of carbonyl (C=O) groups excluding carboxylic acids is 1. The van der Waals surface area contributed by atoms with Crippen LogP contribution in [0.25, 0.3) is 0 Å². The molecule has 2 fully saturated rings. The first-order chi connectivity index (χ1) is 11.0. The van der Waals surface area contributed by atoms with E-state index in [2.05, 4.69) is 0 Å². The number of nitrogens with zero attached hydrogens (tertiary/aromatic N) is 1. The zero-order chi connectivity index (χ0) is 16.4. The minimum absolute atomic E-state index is 0.0717. The predicted octanol–water partition coefficient (Wildman–Crippen LogP) is 2.46. The maximum Gasteiger partial charge on any atom is 0.306 e. The van der Waals surface area contributed by atoms with E-state index in [0.717, 1.165) is 24.8 Å². The number of ether oxygens (including phenoxy) is 1. The van der Waals surface area contributed by atoms with Gasteiger partial charge in [-0.3, -0.25) is 9.59 Å². The molecule has 0 aromatic heterocycles. The molecule has 1 aromatic rings. The van der Waals surface area contributed by atoms with Crippen molar-refractivity contribution in [1.82, 2.24) is 4.90 Å². The number of hydrogen-bond donors (Lipinski definition) is 1. The lowest BCUT2D eigenvalue weighted by atomic mass is 9.63. The van der Waals surface area contributed by atoms with Gasteiger partial charge in [0, 0.05) is 18.1 Å². The average Bonchev–Trinajstić information content (AvgIpc) is 2.47. The largest absolute Gasteiger partial charge is 0.481 e. The fraction of sp³-hybridized carbons (Fsp3) is 0.529. The number of benzene rings is 1. The molecular formula is C17H20ClNO4. The van der Waals surface area contributed by atoms with E-state index >= 15 is 0 Å². The molecular weight excluding hydrogens is 318 g/mol. The summed E-state index contributed by atoms with van der Waals surface area (Å²) in [6, 6.07) is 7.48. The molecule has 3 rings (SSSR count). The first kappa shape index (κ1) is 16.3. The van der Waals surface area contributed by atoms with Gasteiger partial charge in [0.1, 0.15) is 0 Å². The number of rotatable bonds is 4. The first-order valence-electron chi connectivity index (χ1n) is 7.90. The van der Waals surface area contributed by atoms with Crippen LogP contribution in [-0.4, -0.2) is 47.7 Å². The highest BCUT2D eigenvalue weighted by molar-refractivity contribution is 6.30. The number of amides is 1. The smallest absolute Gasteiger partial charge is 0.306 e. The molecule has 6 heteroatoms. The number of aliphatic carboxylic acids is 1. The van der Waals surface area contributed by atoms with Crippen LogP contribution in [0.4, 0.5) is 0 Å². The molecule has 2 aliphatic rings. The zero-order valence-electron chi connectivity index (χ0n) is 12.8. The van der Waals surface area contributed by atoms with Gasteiger partial charge in [0.2, 0.25) is 5.91 Å². The summed E-state index contributed by atoms with van der Waals surface area (Å²) in [6.45, 7) is 1.26. The second-order valence-corrected chi connectivity index (χ2v) is 6.72. The third-order valence-corrected chi connectivity index (χ3v) is 5.09. The lowest BCUT2D eigenvalue weighted by Crippen LogP contribution is -2.55. The lowest BCUT2D eigenvalue weighted by molar-refractivity contribution is -0.153. The van der Waals surface area contributed by atoms with Crippen LogP contribution in [0.5, 0.6) is 0 Å². The number of halogens is 1. The van der Waals surface area contributed by atoms with Crippen LogP contribution in [0.3, 0.4) is 0 Å². The molecule has 0 radical (unpaired) electrons. The molecule has 1 aliphatic heterocycles. The van der Waals surface area contributed by atoms with Crippen molar-refractivity contribution in [2.24, 2.45) is 0 Å². The molecule has 1 aromatic carbocycles. The van der Waals surface area contributed by atoms with E-state index in [0.29, 0.717) is 24.7 Å². The summed E-state index contributed by atoms with van der Waals surface area (Å²) in [5.74, 6) is -0.815. The molecule has 23 heavy (non-hydrogen) atoms. The summed E-state index contributed by atoms with van der Waals surface area (Å²) in [4.78, 5) is 25.7. The van der Waals surface area contributed by atoms with E-state index in [1.165, 1.54) is 0 Å². The first-order valence-corrected chi connectivity index (χ1v) is 8.28. The second-order valence-electron chi connectivity index (χ2n) is 6.28. The van der Waals surface area contributed by atoms with Crippen LogP contribution in [0.15, 0.2) is 24.3 Å². The summed E-state index contributed by atoms with van der Waals surface area (Å²) in [5.41, 5.74) is 0.523. The molecule has 1 atom stereocenters. The molecule has 0 unspecified atom stereocenters. The van der Waals surface area contributed by atoms with Crippen molar-refractivity contribution in [1.29, 1.82) is 0 Å². The number of morpholine rings is 1. The fourth-order valence-corrected chi connectivity index (χ4v) is 3.58. The monoisotopic (exact) mass is 337 g/mol. The third-order valence-electron chi connectivity index (χ3n) is 4.84. The standard InChI is InChI=1S/C17H20ClNO4/c18-13-4-2-12(3-5-13)17(6-1-7-17)16(22)19-8-9-23-14(11-19)10-15(20)21/h2-5,14H,1,6-11H2,(H,20,21)/t14-/m1/s1. The predicted molar refractivity (Wildman–Crippen MR) is 85.6 cm³/mol. The van der Waals surface area contributed by atoms with Gasteiger partial charge in [-0.25, -0.2) is 0 Å². The lowest BCUT2D eigenvalue weighted by Gasteiger charge is -2.45. The van der Waals surface area contributed by atoms with E-state index in [1.54, 1.807) is 4.90 Å². The molecule has 1 saturated heterocycles. The molecule has 1 N–H and O–H groups in total. The Hall–Kier alpha value is -1.59. The summed E-state index contributed by atoms with van der Waals surface area (Å²) in [5, 5.41) is 9.57. The van der Waals surface area contributed by atoms with Crippen molar-refractivity contribution >= 4 is 23.5 Å². The van der Waals surface area contributed by atoms with E-state index in [-0.39, 0.29) is 12.3 Å². The van der Waals surface area contributed by atoms with Gasteiger partial charge in [0.15, 0.2) is 0 Å². The maximum absolute atomic E-state index is 13.1.